The number of benzene rings is 2. The van der Waals surface area contributed by atoms with Crippen LogP contribution in [0.1, 0.15) is 46.1 Å². The first-order valence-corrected chi connectivity index (χ1v) is 12.8. The van der Waals surface area contributed by atoms with Gasteiger partial charge in [-0.25, -0.2) is 18.4 Å². The number of rotatable bonds is 6. The Morgan fingerprint density at radius 2 is 1.84 bits per heavy atom. The molecule has 0 radical (unpaired) electrons. The van der Waals surface area contributed by atoms with Gasteiger partial charge in [-0.15, -0.1) is 0 Å². The van der Waals surface area contributed by atoms with Gasteiger partial charge in [-0.05, 0) is 71.1 Å². The van der Waals surface area contributed by atoms with Crippen LogP contribution >= 0.6 is 15.9 Å². The maximum Gasteiger partial charge on any atom is 0.261 e. The van der Waals surface area contributed by atoms with Crippen LogP contribution in [0.2, 0.25) is 0 Å². The number of carbonyl (C=O) groups is 1. The van der Waals surface area contributed by atoms with Gasteiger partial charge in [0.1, 0.15) is 5.82 Å². The SMILES string of the molecule is Cc1ccc(N(Cc2ccc(Br)c(N)c2)C(=O)c2cnc(C3CC3)nc2)c(S(C)(=O)=O)c1. The number of aryl methyl sites for hydroxylation is 1. The molecule has 1 heterocycles. The largest absolute Gasteiger partial charge is 0.398 e. The van der Waals surface area contributed by atoms with Gasteiger partial charge >= 0.3 is 0 Å². The van der Waals surface area contributed by atoms with Crippen molar-refractivity contribution in [1.82, 2.24) is 9.97 Å². The lowest BCUT2D eigenvalue weighted by molar-refractivity contribution is 0.0984. The number of anilines is 2. The van der Waals surface area contributed by atoms with Gasteiger partial charge in [0, 0.05) is 34.7 Å². The summed E-state index contributed by atoms with van der Waals surface area (Å²) >= 11 is 3.37. The van der Waals surface area contributed by atoms with Crippen LogP contribution in [0.15, 0.2) is 58.2 Å². The van der Waals surface area contributed by atoms with Crippen molar-refractivity contribution < 1.29 is 13.2 Å². The fraction of sp³-hybridized carbons (Fsp3) is 0.261. The van der Waals surface area contributed by atoms with E-state index >= 15 is 0 Å². The lowest BCUT2D eigenvalue weighted by atomic mass is 10.1. The van der Waals surface area contributed by atoms with E-state index in [1.807, 2.05) is 13.0 Å². The van der Waals surface area contributed by atoms with Crippen LogP contribution in [-0.2, 0) is 16.4 Å². The number of aromatic nitrogens is 2. The molecule has 2 N–H and O–H groups in total. The lowest BCUT2D eigenvalue weighted by Crippen LogP contribution is -2.32. The highest BCUT2D eigenvalue weighted by molar-refractivity contribution is 9.10. The average molecular weight is 515 g/mol. The van der Waals surface area contributed by atoms with Crippen molar-refractivity contribution in [3.63, 3.8) is 0 Å². The molecule has 9 heteroatoms. The van der Waals surface area contributed by atoms with Crippen LogP contribution in [-0.4, -0.2) is 30.5 Å². The standard InChI is InChI=1S/C23H23BrN4O3S/c1-14-3-8-20(21(9-14)32(2,30)31)28(13-15-4-7-18(24)19(25)10-15)23(29)17-11-26-22(27-12-17)16-5-6-16/h3-4,7-12,16H,5-6,13,25H2,1-2H3. The average Bonchev–Trinajstić information content (AvgIpc) is 3.59. The second-order valence-corrected chi connectivity index (χ2v) is 10.9. The first-order chi connectivity index (χ1) is 15.1. The van der Waals surface area contributed by atoms with E-state index in [1.54, 1.807) is 30.3 Å². The molecule has 2 aromatic carbocycles. The van der Waals surface area contributed by atoms with Gasteiger partial charge in [0.15, 0.2) is 9.84 Å². The number of nitrogens with zero attached hydrogens (tertiary/aromatic N) is 3. The van der Waals surface area contributed by atoms with Crippen LogP contribution in [0.5, 0.6) is 0 Å². The molecule has 0 aliphatic heterocycles. The fourth-order valence-electron chi connectivity index (χ4n) is 3.44. The van der Waals surface area contributed by atoms with Gasteiger partial charge in [-0.1, -0.05) is 12.1 Å². The summed E-state index contributed by atoms with van der Waals surface area (Å²) in [6.07, 6.45) is 6.29. The van der Waals surface area contributed by atoms with Crippen molar-refractivity contribution >= 4 is 43.0 Å². The summed E-state index contributed by atoms with van der Waals surface area (Å²) in [5.41, 5.74) is 8.69. The number of hydrogen-bond donors (Lipinski definition) is 1. The number of amides is 1. The Balaban J connectivity index is 1.79. The molecule has 1 amide bonds. The van der Waals surface area contributed by atoms with Crippen molar-refractivity contribution in [3.05, 3.63) is 75.8 Å². The molecule has 32 heavy (non-hydrogen) atoms. The Morgan fingerprint density at radius 1 is 1.16 bits per heavy atom. The summed E-state index contributed by atoms with van der Waals surface area (Å²) in [7, 11) is -3.59. The number of hydrogen-bond acceptors (Lipinski definition) is 6. The Morgan fingerprint density at radius 3 is 2.44 bits per heavy atom. The molecule has 1 aliphatic rings. The minimum Gasteiger partial charge on any atom is -0.398 e. The molecule has 0 bridgehead atoms. The molecule has 0 unspecified atom stereocenters. The maximum atomic E-state index is 13.6. The molecule has 0 saturated heterocycles. The number of carbonyl (C=O) groups excluding carboxylic acids is 1. The Labute approximate surface area is 195 Å². The van der Waals surface area contributed by atoms with Crippen LogP contribution < -0.4 is 10.6 Å². The van der Waals surface area contributed by atoms with Gasteiger partial charge in [0.25, 0.3) is 5.91 Å². The molecule has 7 nitrogen and oxygen atoms in total. The summed E-state index contributed by atoms with van der Waals surface area (Å²) in [6.45, 7) is 1.94. The normalized spacial score (nSPS) is 13.7. The van der Waals surface area contributed by atoms with Gasteiger partial charge < -0.3 is 10.6 Å². The van der Waals surface area contributed by atoms with Crippen molar-refractivity contribution in [2.45, 2.75) is 37.1 Å². The zero-order chi connectivity index (χ0) is 23.0. The van der Waals surface area contributed by atoms with E-state index in [9.17, 15) is 13.2 Å². The van der Waals surface area contributed by atoms with Gasteiger partial charge in [-0.2, -0.15) is 0 Å². The van der Waals surface area contributed by atoms with Crippen molar-refractivity contribution in [1.29, 1.82) is 0 Å². The summed E-state index contributed by atoms with van der Waals surface area (Å²) < 4.78 is 25.9. The van der Waals surface area contributed by atoms with Crippen molar-refractivity contribution in [2.75, 3.05) is 16.9 Å². The fourth-order valence-corrected chi connectivity index (χ4v) is 4.64. The monoisotopic (exact) mass is 514 g/mol. The molecular weight excluding hydrogens is 492 g/mol. The topological polar surface area (TPSA) is 106 Å². The maximum absolute atomic E-state index is 13.6. The molecule has 0 atom stereocenters. The molecule has 1 aliphatic carbocycles. The molecule has 0 spiro atoms. The van der Waals surface area contributed by atoms with Crippen molar-refractivity contribution in [3.8, 4) is 0 Å². The van der Waals surface area contributed by atoms with E-state index in [0.717, 1.165) is 40.5 Å². The predicted octanol–water partition coefficient (Wildman–Crippen LogP) is 4.26. The van der Waals surface area contributed by atoms with Crippen LogP contribution in [0.3, 0.4) is 0 Å². The number of sulfone groups is 1. The third-order valence-corrected chi connectivity index (χ3v) is 7.16. The molecule has 1 fully saturated rings. The third kappa shape index (κ3) is 4.83. The number of halogens is 1. The van der Waals surface area contributed by atoms with E-state index < -0.39 is 9.84 Å². The summed E-state index contributed by atoms with van der Waals surface area (Å²) in [5, 5.41) is 0. The summed E-state index contributed by atoms with van der Waals surface area (Å²) in [5.74, 6) is 0.721. The molecular formula is C23H23BrN4O3S. The highest BCUT2D eigenvalue weighted by Crippen LogP contribution is 2.37. The van der Waals surface area contributed by atoms with E-state index in [4.69, 9.17) is 5.73 Å². The van der Waals surface area contributed by atoms with Crippen LogP contribution in [0, 0.1) is 6.92 Å². The molecule has 166 valence electrons. The second kappa shape index (κ2) is 8.63. The Hall–Kier alpha value is -2.78. The number of nitrogen functional groups attached to an aromatic ring is 1. The highest BCUT2D eigenvalue weighted by atomic mass is 79.9. The molecule has 1 aromatic heterocycles. The minimum atomic E-state index is -3.59. The Bertz CT molecular complexity index is 1290. The predicted molar refractivity (Wildman–Crippen MR) is 127 cm³/mol. The van der Waals surface area contributed by atoms with Gasteiger partial charge in [-0.3, -0.25) is 4.79 Å². The first-order valence-electron chi connectivity index (χ1n) is 10.1. The van der Waals surface area contributed by atoms with E-state index in [0.29, 0.717) is 22.9 Å². The third-order valence-electron chi connectivity index (χ3n) is 5.31. The summed E-state index contributed by atoms with van der Waals surface area (Å²) in [6, 6.07) is 10.4. The number of nitrogens with two attached hydrogens (primary N) is 1. The quantitative estimate of drug-likeness (QED) is 0.492. The molecule has 3 aromatic rings. The zero-order valence-corrected chi connectivity index (χ0v) is 20.1. The van der Waals surface area contributed by atoms with E-state index in [2.05, 4.69) is 25.9 Å². The molecule has 4 rings (SSSR count). The highest BCUT2D eigenvalue weighted by Gasteiger charge is 2.28. The van der Waals surface area contributed by atoms with Gasteiger partial charge in [0.05, 0.1) is 22.7 Å². The zero-order valence-electron chi connectivity index (χ0n) is 17.7. The molecule has 1 saturated carbocycles. The van der Waals surface area contributed by atoms with Crippen LogP contribution in [0.25, 0.3) is 0 Å². The minimum absolute atomic E-state index is 0.0893. The smallest absolute Gasteiger partial charge is 0.261 e. The van der Waals surface area contributed by atoms with Crippen molar-refractivity contribution in [2.24, 2.45) is 0 Å². The van der Waals surface area contributed by atoms with Gasteiger partial charge in [0.2, 0.25) is 0 Å². The Kier molecular flexibility index (Phi) is 6.05. The first kappa shape index (κ1) is 22.4. The summed E-state index contributed by atoms with van der Waals surface area (Å²) in [4.78, 5) is 23.8. The lowest BCUT2D eigenvalue weighted by Gasteiger charge is -2.25. The van der Waals surface area contributed by atoms with E-state index in [1.165, 1.54) is 17.3 Å². The van der Waals surface area contributed by atoms with E-state index in [-0.39, 0.29) is 17.3 Å². The van der Waals surface area contributed by atoms with Crippen LogP contribution in [0.4, 0.5) is 11.4 Å². The second-order valence-electron chi connectivity index (χ2n) is 8.09.